The molecule has 0 aliphatic heterocycles. The number of allylic oxidation sites excluding steroid dienone is 3. The van der Waals surface area contributed by atoms with Crippen LogP contribution in [0.4, 0.5) is 0 Å². The topological polar surface area (TPSA) is 0 Å². The Hall–Kier alpha value is -1.00. The van der Waals surface area contributed by atoms with E-state index < -0.39 is 0 Å². The summed E-state index contributed by atoms with van der Waals surface area (Å²) in [5.74, 6) is 0.388. The van der Waals surface area contributed by atoms with Gasteiger partial charge in [0.25, 0.3) is 0 Å². The average molecular weight is 232 g/mol. The molecule has 0 heteroatoms. The van der Waals surface area contributed by atoms with E-state index in [4.69, 9.17) is 0 Å². The molecule has 0 fully saturated rings. The molecule has 2 unspecified atom stereocenters. The van der Waals surface area contributed by atoms with E-state index in [-0.39, 0.29) is 5.41 Å². The van der Waals surface area contributed by atoms with Gasteiger partial charge in [-0.2, -0.15) is 0 Å². The van der Waals surface area contributed by atoms with E-state index in [2.05, 4.69) is 60.1 Å². The number of hydrogen-bond acceptors (Lipinski definition) is 0. The Kier molecular flexibility index (Phi) is 6.27. The highest BCUT2D eigenvalue weighted by Crippen LogP contribution is 2.43. The van der Waals surface area contributed by atoms with Crippen LogP contribution >= 0.6 is 0 Å². The summed E-state index contributed by atoms with van der Waals surface area (Å²) in [6.45, 7) is 23.1. The second-order valence-corrected chi connectivity index (χ2v) is 5.19. The first-order valence-corrected chi connectivity index (χ1v) is 6.56. The number of rotatable bonds is 7. The van der Waals surface area contributed by atoms with Gasteiger partial charge in [-0.05, 0) is 32.3 Å². The lowest BCUT2D eigenvalue weighted by molar-refractivity contribution is 0.407. The third-order valence-corrected chi connectivity index (χ3v) is 4.16. The van der Waals surface area contributed by atoms with Crippen molar-refractivity contribution in [2.45, 2.75) is 53.9 Å². The van der Waals surface area contributed by atoms with E-state index in [1.807, 2.05) is 0 Å². The molecule has 0 heterocycles. The van der Waals surface area contributed by atoms with Gasteiger partial charge in [-0.25, -0.2) is 0 Å². The molecule has 0 spiro atoms. The summed E-state index contributed by atoms with van der Waals surface area (Å²) in [6, 6.07) is 0. The zero-order valence-electron chi connectivity index (χ0n) is 12.3. The summed E-state index contributed by atoms with van der Waals surface area (Å²) in [7, 11) is 0. The van der Waals surface area contributed by atoms with Gasteiger partial charge in [0.15, 0.2) is 0 Å². The van der Waals surface area contributed by atoms with Crippen LogP contribution in [0.25, 0.3) is 0 Å². The summed E-state index contributed by atoms with van der Waals surface area (Å²) in [5, 5.41) is 0. The van der Waals surface area contributed by atoms with Gasteiger partial charge < -0.3 is 0 Å². The van der Waals surface area contributed by atoms with Gasteiger partial charge >= 0.3 is 0 Å². The largest absolute Gasteiger partial charge is 0.129 e. The molecule has 0 N–H and O–H groups in total. The molecule has 0 aromatic carbocycles. The third-order valence-electron chi connectivity index (χ3n) is 4.16. The molecule has 17 heavy (non-hydrogen) atoms. The minimum atomic E-state index is 0.0257. The lowest BCUT2D eigenvalue weighted by Gasteiger charge is -2.36. The predicted octanol–water partition coefficient (Wildman–Crippen LogP) is 5.68. The molecule has 0 saturated carbocycles. The molecule has 0 aromatic heterocycles. The molecule has 0 saturated heterocycles. The van der Waals surface area contributed by atoms with E-state index in [9.17, 15) is 0 Å². The zero-order valence-corrected chi connectivity index (χ0v) is 12.3. The van der Waals surface area contributed by atoms with Crippen molar-refractivity contribution in [3.8, 4) is 0 Å². The number of hydrogen-bond donors (Lipinski definition) is 0. The second-order valence-electron chi connectivity index (χ2n) is 5.19. The highest BCUT2D eigenvalue weighted by Gasteiger charge is 2.31. The first-order chi connectivity index (χ1) is 7.84. The molecule has 0 amide bonds. The summed E-state index contributed by atoms with van der Waals surface area (Å²) in [5.41, 5.74) is 6.74. The van der Waals surface area contributed by atoms with Crippen LogP contribution in [0.1, 0.15) is 53.9 Å². The Balaban J connectivity index is 5.34. The van der Waals surface area contributed by atoms with Crippen molar-refractivity contribution in [3.63, 3.8) is 0 Å². The Morgan fingerprint density at radius 1 is 1.24 bits per heavy atom. The quantitative estimate of drug-likeness (QED) is 0.391. The summed E-state index contributed by atoms with van der Waals surface area (Å²) in [4.78, 5) is 0. The van der Waals surface area contributed by atoms with Gasteiger partial charge in [-0.1, -0.05) is 58.1 Å². The summed E-state index contributed by atoms with van der Waals surface area (Å²) >= 11 is 0. The Labute approximate surface area is 108 Å². The van der Waals surface area contributed by atoms with Crippen molar-refractivity contribution >= 4 is 0 Å². The Morgan fingerprint density at radius 2 is 1.76 bits per heavy atom. The monoisotopic (exact) mass is 232 g/mol. The smallest absolute Gasteiger partial charge is 0.00877 e. The highest BCUT2D eigenvalue weighted by atomic mass is 14.4. The predicted molar refractivity (Wildman–Crippen MR) is 79.1 cm³/mol. The van der Waals surface area contributed by atoms with Crippen LogP contribution in [-0.2, 0) is 0 Å². The third kappa shape index (κ3) is 3.48. The van der Waals surface area contributed by atoms with Crippen LogP contribution in [0.2, 0.25) is 0 Å². The van der Waals surface area contributed by atoms with E-state index in [0.29, 0.717) is 5.92 Å². The SMILES string of the molecule is C=C=C(C)C(CCC)C(=C)C(C)(CC)C(=C)C. The molecular weight excluding hydrogens is 204 g/mol. The molecule has 0 aliphatic rings. The van der Waals surface area contributed by atoms with Gasteiger partial charge in [0.2, 0.25) is 0 Å². The Morgan fingerprint density at radius 3 is 2.06 bits per heavy atom. The van der Waals surface area contributed by atoms with E-state index in [1.54, 1.807) is 0 Å². The normalized spacial score (nSPS) is 15.6. The second kappa shape index (κ2) is 6.67. The molecule has 0 aromatic rings. The molecule has 0 bridgehead atoms. The molecule has 0 radical (unpaired) electrons. The maximum atomic E-state index is 4.36. The zero-order chi connectivity index (χ0) is 13.6. The van der Waals surface area contributed by atoms with E-state index in [1.165, 1.54) is 16.7 Å². The van der Waals surface area contributed by atoms with Crippen LogP contribution < -0.4 is 0 Å². The van der Waals surface area contributed by atoms with Crippen molar-refractivity contribution in [3.05, 3.63) is 42.2 Å². The fraction of sp³-hybridized carbons (Fsp3) is 0.588. The average Bonchev–Trinajstić information content (AvgIpc) is 2.32. The minimum Gasteiger partial charge on any atom is -0.129 e. The molecular formula is C17H28. The van der Waals surface area contributed by atoms with Crippen molar-refractivity contribution in [2.24, 2.45) is 11.3 Å². The van der Waals surface area contributed by atoms with Gasteiger partial charge in [0.05, 0.1) is 0 Å². The van der Waals surface area contributed by atoms with Crippen molar-refractivity contribution < 1.29 is 0 Å². The lowest BCUT2D eigenvalue weighted by atomic mass is 9.68. The van der Waals surface area contributed by atoms with Crippen molar-refractivity contribution in [2.75, 3.05) is 0 Å². The lowest BCUT2D eigenvalue weighted by Crippen LogP contribution is -2.24. The maximum Gasteiger partial charge on any atom is 0.00877 e. The van der Waals surface area contributed by atoms with Gasteiger partial charge in [0.1, 0.15) is 0 Å². The molecule has 0 aliphatic carbocycles. The van der Waals surface area contributed by atoms with Gasteiger partial charge in [0, 0.05) is 11.3 Å². The Bertz CT molecular complexity index is 339. The molecule has 0 rings (SSSR count). The summed E-state index contributed by atoms with van der Waals surface area (Å²) < 4.78 is 0. The van der Waals surface area contributed by atoms with Crippen LogP contribution in [0.5, 0.6) is 0 Å². The summed E-state index contributed by atoms with van der Waals surface area (Å²) in [6.07, 6.45) is 3.32. The van der Waals surface area contributed by atoms with Crippen LogP contribution in [0, 0.1) is 11.3 Å². The first-order valence-electron chi connectivity index (χ1n) is 6.56. The van der Waals surface area contributed by atoms with Crippen LogP contribution in [-0.4, -0.2) is 0 Å². The fourth-order valence-electron chi connectivity index (χ4n) is 2.25. The maximum absolute atomic E-state index is 4.36. The van der Waals surface area contributed by atoms with Crippen molar-refractivity contribution in [1.82, 2.24) is 0 Å². The van der Waals surface area contributed by atoms with Crippen molar-refractivity contribution in [1.29, 1.82) is 0 Å². The van der Waals surface area contributed by atoms with Crippen LogP contribution in [0.15, 0.2) is 42.2 Å². The molecule has 2 atom stereocenters. The van der Waals surface area contributed by atoms with Crippen LogP contribution in [0.3, 0.4) is 0 Å². The van der Waals surface area contributed by atoms with E-state index >= 15 is 0 Å². The standard InChI is InChI=1S/C17H28/c1-9-12-16(14(6)10-2)15(7)17(8,11-3)13(4)5/h16H,2,4,7,9,11-12H2,1,3,5-6,8H3. The van der Waals surface area contributed by atoms with E-state index in [0.717, 1.165) is 19.3 Å². The molecule has 0 nitrogen and oxygen atoms in total. The fourth-order valence-corrected chi connectivity index (χ4v) is 2.25. The first kappa shape index (κ1) is 16.0. The highest BCUT2D eigenvalue weighted by molar-refractivity contribution is 5.30. The minimum absolute atomic E-state index is 0.0257. The van der Waals surface area contributed by atoms with Gasteiger partial charge in [-0.15, -0.1) is 5.73 Å². The van der Waals surface area contributed by atoms with Gasteiger partial charge in [-0.3, -0.25) is 0 Å². The molecule has 96 valence electrons.